The topological polar surface area (TPSA) is 74.4 Å². The van der Waals surface area contributed by atoms with Crippen LogP contribution >= 0.6 is 11.6 Å². The molecule has 0 spiro atoms. The van der Waals surface area contributed by atoms with E-state index < -0.39 is 0 Å². The van der Waals surface area contributed by atoms with Crippen molar-refractivity contribution in [1.29, 1.82) is 5.26 Å². The lowest BCUT2D eigenvalue weighted by atomic mass is 10.1. The second-order valence-corrected chi connectivity index (χ2v) is 9.65. The molecule has 2 aromatic heterocycles. The van der Waals surface area contributed by atoms with Crippen molar-refractivity contribution >= 4 is 28.3 Å². The molecule has 4 aromatic rings. The van der Waals surface area contributed by atoms with Gasteiger partial charge in [-0.3, -0.25) is 9.69 Å². The molecule has 0 amide bonds. The van der Waals surface area contributed by atoms with E-state index in [-0.39, 0.29) is 17.2 Å². The van der Waals surface area contributed by atoms with E-state index in [1.165, 1.54) is 10.1 Å². The first-order valence-electron chi connectivity index (χ1n) is 12.3. The molecule has 7 nitrogen and oxygen atoms in total. The number of aromatic nitrogens is 2. The fourth-order valence-corrected chi connectivity index (χ4v) is 5.09. The number of aryl methyl sites for hydroxylation is 1. The molecule has 0 saturated carbocycles. The van der Waals surface area contributed by atoms with Crippen molar-refractivity contribution < 1.29 is 4.74 Å². The van der Waals surface area contributed by atoms with Crippen molar-refractivity contribution in [3.05, 3.63) is 105 Å². The highest BCUT2D eigenvalue weighted by Crippen LogP contribution is 2.30. The maximum absolute atomic E-state index is 13.1. The molecule has 0 aliphatic carbocycles. The maximum atomic E-state index is 13.1. The Labute approximate surface area is 221 Å². The minimum Gasteiger partial charge on any atom is -0.375 e. The number of fused-ring (bicyclic) bond motifs is 1. The Hall–Kier alpha value is -3.70. The Kier molecular flexibility index (Phi) is 7.52. The van der Waals surface area contributed by atoms with Gasteiger partial charge in [0.1, 0.15) is 22.3 Å². The number of nitriles is 1. The molecule has 188 valence electrons. The fraction of sp³-hybridized carbons (Fsp3) is 0.276. The molecule has 0 N–H and O–H groups in total. The molecule has 8 heteroatoms. The third kappa shape index (κ3) is 5.37. The Balaban J connectivity index is 1.47. The lowest BCUT2D eigenvalue weighted by Crippen LogP contribution is -2.55. The van der Waals surface area contributed by atoms with Gasteiger partial charge in [-0.25, -0.2) is 4.98 Å². The summed E-state index contributed by atoms with van der Waals surface area (Å²) < 4.78 is 7.65. The van der Waals surface area contributed by atoms with Gasteiger partial charge in [0, 0.05) is 33.2 Å². The van der Waals surface area contributed by atoms with Crippen molar-refractivity contribution in [2.75, 3.05) is 31.1 Å². The van der Waals surface area contributed by atoms with Gasteiger partial charge in [-0.05, 0) is 23.3 Å². The van der Waals surface area contributed by atoms with Gasteiger partial charge < -0.3 is 14.2 Å². The first-order valence-corrected chi connectivity index (χ1v) is 12.7. The zero-order chi connectivity index (χ0) is 25.8. The van der Waals surface area contributed by atoms with E-state index >= 15 is 0 Å². The lowest BCUT2D eigenvalue weighted by Gasteiger charge is -2.42. The SMILES string of the molecule is Cn1c(=O)c(C#N)c(N2CCN(Cc3ccccc3)[C@@H](COCc3ccccc3)C2)c2nc(Cl)ccc21. The van der Waals surface area contributed by atoms with Crippen molar-refractivity contribution in [2.45, 2.75) is 19.2 Å². The van der Waals surface area contributed by atoms with Gasteiger partial charge in [0.25, 0.3) is 5.56 Å². The molecule has 5 rings (SSSR count). The van der Waals surface area contributed by atoms with Crippen LogP contribution in [0.3, 0.4) is 0 Å². The summed E-state index contributed by atoms with van der Waals surface area (Å²) in [5, 5.41) is 10.3. The number of ether oxygens (including phenoxy) is 1. The van der Waals surface area contributed by atoms with E-state index in [0.717, 1.165) is 18.7 Å². The van der Waals surface area contributed by atoms with Crippen molar-refractivity contribution in [2.24, 2.45) is 7.05 Å². The highest BCUT2D eigenvalue weighted by atomic mass is 35.5. The highest BCUT2D eigenvalue weighted by Gasteiger charge is 2.31. The molecule has 3 heterocycles. The van der Waals surface area contributed by atoms with Gasteiger partial charge in [-0.15, -0.1) is 0 Å². The smallest absolute Gasteiger partial charge is 0.270 e. The van der Waals surface area contributed by atoms with Crippen LogP contribution in [0.15, 0.2) is 77.6 Å². The van der Waals surface area contributed by atoms with Crippen molar-refractivity contribution in [1.82, 2.24) is 14.5 Å². The standard InChI is InChI=1S/C29H28ClN5O2/c1-33-25-12-13-26(30)32-27(25)28(24(16-31)29(33)36)35-15-14-34(17-21-8-4-2-5-9-21)23(18-35)20-37-19-22-10-6-3-7-11-22/h2-13,23H,14-15,17-20H2,1H3/t23-/m1/s1. The summed E-state index contributed by atoms with van der Waals surface area (Å²) in [6.07, 6.45) is 0. The second kappa shape index (κ2) is 11.1. The van der Waals surface area contributed by atoms with E-state index in [9.17, 15) is 10.1 Å². The Morgan fingerprint density at radius 3 is 2.43 bits per heavy atom. The van der Waals surface area contributed by atoms with E-state index in [0.29, 0.717) is 48.2 Å². The maximum Gasteiger partial charge on any atom is 0.270 e. The van der Waals surface area contributed by atoms with Crippen LogP contribution in [0.1, 0.15) is 16.7 Å². The molecule has 1 fully saturated rings. The number of pyridine rings is 2. The van der Waals surface area contributed by atoms with Crippen LogP contribution in [0.25, 0.3) is 11.0 Å². The Bertz CT molecular complexity index is 1480. The molecular weight excluding hydrogens is 486 g/mol. The number of nitrogens with zero attached hydrogens (tertiary/aromatic N) is 5. The molecule has 1 aliphatic heterocycles. The normalized spacial score (nSPS) is 16.1. The van der Waals surface area contributed by atoms with Crippen LogP contribution in [-0.2, 0) is 24.9 Å². The summed E-state index contributed by atoms with van der Waals surface area (Å²) in [7, 11) is 1.66. The number of piperazine rings is 1. The lowest BCUT2D eigenvalue weighted by molar-refractivity contribution is 0.0413. The van der Waals surface area contributed by atoms with E-state index in [1.54, 1.807) is 19.2 Å². The molecule has 0 unspecified atom stereocenters. The summed E-state index contributed by atoms with van der Waals surface area (Å²) in [5.41, 5.74) is 3.86. The average molecular weight is 514 g/mol. The molecule has 1 aliphatic rings. The van der Waals surface area contributed by atoms with Crippen molar-refractivity contribution in [3.8, 4) is 6.07 Å². The summed E-state index contributed by atoms with van der Waals surface area (Å²) in [6, 6.07) is 26.1. The molecule has 0 bridgehead atoms. The van der Waals surface area contributed by atoms with Gasteiger partial charge in [-0.2, -0.15) is 5.26 Å². The number of hydrogen-bond donors (Lipinski definition) is 0. The molecule has 37 heavy (non-hydrogen) atoms. The zero-order valence-corrected chi connectivity index (χ0v) is 21.4. The molecule has 2 aromatic carbocycles. The summed E-state index contributed by atoms with van der Waals surface area (Å²) in [6.45, 7) is 3.81. The molecule has 1 saturated heterocycles. The van der Waals surface area contributed by atoms with Gasteiger partial charge >= 0.3 is 0 Å². The summed E-state index contributed by atoms with van der Waals surface area (Å²) in [4.78, 5) is 22.1. The zero-order valence-electron chi connectivity index (χ0n) is 20.7. The van der Waals surface area contributed by atoms with Gasteiger partial charge in [0.05, 0.1) is 30.5 Å². The predicted molar refractivity (Wildman–Crippen MR) is 146 cm³/mol. The minimum absolute atomic E-state index is 0.0440. The highest BCUT2D eigenvalue weighted by molar-refractivity contribution is 6.29. The largest absolute Gasteiger partial charge is 0.375 e. The van der Waals surface area contributed by atoms with Crippen molar-refractivity contribution in [3.63, 3.8) is 0 Å². The van der Waals surface area contributed by atoms with E-state index in [2.05, 4.69) is 45.1 Å². The van der Waals surface area contributed by atoms with Gasteiger partial charge in [0.15, 0.2) is 0 Å². The van der Waals surface area contributed by atoms with Crippen LogP contribution < -0.4 is 10.5 Å². The second-order valence-electron chi connectivity index (χ2n) is 9.26. The first kappa shape index (κ1) is 25.0. The number of benzene rings is 2. The third-order valence-corrected chi connectivity index (χ3v) is 7.07. The number of halogens is 1. The minimum atomic E-state index is -0.335. The number of rotatable bonds is 7. The van der Waals surface area contributed by atoms with Crippen LogP contribution in [0.2, 0.25) is 5.15 Å². The van der Waals surface area contributed by atoms with E-state index in [1.807, 2.05) is 36.4 Å². The first-order chi connectivity index (χ1) is 18.0. The van der Waals surface area contributed by atoms with Crippen LogP contribution in [0.5, 0.6) is 0 Å². The van der Waals surface area contributed by atoms with Crippen LogP contribution in [0, 0.1) is 11.3 Å². The summed E-state index contributed by atoms with van der Waals surface area (Å²) in [5.74, 6) is 0. The fourth-order valence-electron chi connectivity index (χ4n) is 4.95. The third-order valence-electron chi connectivity index (χ3n) is 6.86. The Morgan fingerprint density at radius 1 is 1.03 bits per heavy atom. The van der Waals surface area contributed by atoms with Crippen LogP contribution in [-0.4, -0.2) is 46.7 Å². The molecular formula is C29H28ClN5O2. The van der Waals surface area contributed by atoms with Gasteiger partial charge in [-0.1, -0.05) is 72.3 Å². The molecule has 1 atom stereocenters. The van der Waals surface area contributed by atoms with Gasteiger partial charge in [0.2, 0.25) is 0 Å². The van der Waals surface area contributed by atoms with Crippen LogP contribution in [0.4, 0.5) is 5.69 Å². The average Bonchev–Trinajstić information content (AvgIpc) is 2.92. The quantitative estimate of drug-likeness (QED) is 0.342. The monoisotopic (exact) mass is 513 g/mol. The number of anilines is 1. The molecule has 0 radical (unpaired) electrons. The Morgan fingerprint density at radius 2 is 1.73 bits per heavy atom. The van der Waals surface area contributed by atoms with E-state index in [4.69, 9.17) is 16.3 Å². The summed E-state index contributed by atoms with van der Waals surface area (Å²) >= 11 is 6.26. The number of hydrogen-bond acceptors (Lipinski definition) is 6. The predicted octanol–water partition coefficient (Wildman–Crippen LogP) is 4.37.